The summed E-state index contributed by atoms with van der Waals surface area (Å²) in [7, 11) is 1.66. The second-order valence-electron chi connectivity index (χ2n) is 5.06. The van der Waals surface area contributed by atoms with Crippen LogP contribution in [0.1, 0.15) is 30.6 Å². The fraction of sp³-hybridized carbons (Fsp3) is 0.333. The predicted molar refractivity (Wildman–Crippen MR) is 85.2 cm³/mol. The van der Waals surface area contributed by atoms with Gasteiger partial charge >= 0.3 is 0 Å². The van der Waals surface area contributed by atoms with Crippen LogP contribution >= 0.6 is 0 Å². The first-order valence-electron chi connectivity index (χ1n) is 7.29. The number of nitrogens with two attached hydrogens (primary N) is 1. The van der Waals surface area contributed by atoms with Crippen molar-refractivity contribution in [1.29, 1.82) is 0 Å². The normalized spacial score (nSPS) is 13.7. The Morgan fingerprint density at radius 1 is 1.00 bits per heavy atom. The Balaban J connectivity index is 2.10. The second-order valence-corrected chi connectivity index (χ2v) is 5.06. The number of hydrogen-bond donors (Lipinski definition) is 1. The Morgan fingerprint density at radius 3 is 2.24 bits per heavy atom. The van der Waals surface area contributed by atoms with E-state index < -0.39 is 0 Å². The number of ether oxygens (including phenoxy) is 2. The first-order valence-corrected chi connectivity index (χ1v) is 7.29. The van der Waals surface area contributed by atoms with Crippen molar-refractivity contribution in [1.82, 2.24) is 0 Å². The molecule has 0 bridgehead atoms. The molecule has 2 aromatic carbocycles. The molecule has 2 unspecified atom stereocenters. The van der Waals surface area contributed by atoms with Gasteiger partial charge in [-0.3, -0.25) is 0 Å². The highest BCUT2D eigenvalue weighted by atomic mass is 16.5. The maximum atomic E-state index is 6.23. The van der Waals surface area contributed by atoms with E-state index in [1.807, 2.05) is 42.5 Å². The largest absolute Gasteiger partial charge is 0.497 e. The molecule has 0 saturated heterocycles. The fourth-order valence-corrected chi connectivity index (χ4v) is 2.23. The summed E-state index contributed by atoms with van der Waals surface area (Å²) in [6.45, 7) is 2.64. The molecule has 3 heteroatoms. The zero-order valence-corrected chi connectivity index (χ0v) is 12.7. The highest BCUT2D eigenvalue weighted by Crippen LogP contribution is 2.25. The average Bonchev–Trinajstić information content (AvgIpc) is 2.56. The molecule has 0 radical (unpaired) electrons. The van der Waals surface area contributed by atoms with Crippen molar-refractivity contribution in [3.8, 4) is 5.75 Å². The third-order valence-corrected chi connectivity index (χ3v) is 3.58. The van der Waals surface area contributed by atoms with Gasteiger partial charge in [0.05, 0.1) is 19.8 Å². The Labute approximate surface area is 126 Å². The maximum Gasteiger partial charge on any atom is 0.118 e. The lowest BCUT2D eigenvalue weighted by Crippen LogP contribution is -2.29. The first kappa shape index (κ1) is 15.5. The van der Waals surface area contributed by atoms with E-state index in [0.717, 1.165) is 23.3 Å². The van der Waals surface area contributed by atoms with E-state index in [1.54, 1.807) is 7.11 Å². The van der Waals surface area contributed by atoms with Gasteiger partial charge in [-0.1, -0.05) is 49.4 Å². The van der Waals surface area contributed by atoms with Crippen molar-refractivity contribution in [2.75, 3.05) is 7.11 Å². The van der Waals surface area contributed by atoms with E-state index in [0.29, 0.717) is 6.61 Å². The summed E-state index contributed by atoms with van der Waals surface area (Å²) in [5, 5.41) is 0. The van der Waals surface area contributed by atoms with Crippen molar-refractivity contribution >= 4 is 0 Å². The summed E-state index contributed by atoms with van der Waals surface area (Å²) in [6.07, 6.45) is 0.756. The van der Waals surface area contributed by atoms with Crippen LogP contribution in [0.2, 0.25) is 0 Å². The van der Waals surface area contributed by atoms with Gasteiger partial charge in [-0.15, -0.1) is 0 Å². The van der Waals surface area contributed by atoms with E-state index in [2.05, 4.69) is 19.1 Å². The monoisotopic (exact) mass is 285 g/mol. The summed E-state index contributed by atoms with van der Waals surface area (Å²) in [4.78, 5) is 0. The van der Waals surface area contributed by atoms with Crippen LogP contribution in [0, 0.1) is 0 Å². The molecule has 2 aromatic rings. The average molecular weight is 285 g/mol. The van der Waals surface area contributed by atoms with Crippen molar-refractivity contribution in [2.45, 2.75) is 32.1 Å². The SMILES string of the molecule is CCC(N)C(OCc1ccccc1)c1ccc(OC)cc1. The number of rotatable bonds is 7. The molecular weight excluding hydrogens is 262 g/mol. The van der Waals surface area contributed by atoms with Crippen LogP contribution in [-0.2, 0) is 11.3 Å². The maximum absolute atomic E-state index is 6.23. The lowest BCUT2D eigenvalue weighted by Gasteiger charge is -2.24. The van der Waals surface area contributed by atoms with E-state index in [1.165, 1.54) is 0 Å². The molecular formula is C18H23NO2. The van der Waals surface area contributed by atoms with Gasteiger partial charge in [0, 0.05) is 6.04 Å². The van der Waals surface area contributed by atoms with Gasteiger partial charge in [0.25, 0.3) is 0 Å². The molecule has 21 heavy (non-hydrogen) atoms. The third kappa shape index (κ3) is 4.31. The Kier molecular flexibility index (Phi) is 5.78. The van der Waals surface area contributed by atoms with Gasteiger partial charge in [-0.2, -0.15) is 0 Å². The van der Waals surface area contributed by atoms with Crippen molar-refractivity contribution in [2.24, 2.45) is 5.73 Å². The predicted octanol–water partition coefficient (Wildman–Crippen LogP) is 3.69. The fourth-order valence-electron chi connectivity index (χ4n) is 2.23. The van der Waals surface area contributed by atoms with Crippen molar-refractivity contribution in [3.63, 3.8) is 0 Å². The lowest BCUT2D eigenvalue weighted by atomic mass is 10.0. The van der Waals surface area contributed by atoms with Gasteiger partial charge in [-0.05, 0) is 29.7 Å². The molecule has 0 aliphatic rings. The second kappa shape index (κ2) is 7.81. The zero-order chi connectivity index (χ0) is 15.1. The van der Waals surface area contributed by atoms with E-state index in [-0.39, 0.29) is 12.1 Å². The van der Waals surface area contributed by atoms with Gasteiger partial charge in [0.2, 0.25) is 0 Å². The molecule has 0 aromatic heterocycles. The van der Waals surface area contributed by atoms with E-state index >= 15 is 0 Å². The van der Waals surface area contributed by atoms with Gasteiger partial charge in [0.15, 0.2) is 0 Å². The first-order chi connectivity index (χ1) is 10.2. The zero-order valence-electron chi connectivity index (χ0n) is 12.7. The Hall–Kier alpha value is -1.84. The number of methoxy groups -OCH3 is 1. The summed E-state index contributed by atoms with van der Waals surface area (Å²) in [5.41, 5.74) is 8.46. The molecule has 0 heterocycles. The molecule has 2 rings (SSSR count). The minimum Gasteiger partial charge on any atom is -0.497 e. The van der Waals surface area contributed by atoms with Gasteiger partial charge < -0.3 is 15.2 Å². The molecule has 3 nitrogen and oxygen atoms in total. The van der Waals surface area contributed by atoms with Gasteiger partial charge in [-0.25, -0.2) is 0 Å². The Morgan fingerprint density at radius 2 is 1.67 bits per heavy atom. The smallest absolute Gasteiger partial charge is 0.118 e. The minimum absolute atomic E-state index is 0.0258. The summed E-state index contributed by atoms with van der Waals surface area (Å²) in [6, 6.07) is 18.0. The minimum atomic E-state index is -0.110. The Bertz CT molecular complexity index is 525. The molecule has 2 N–H and O–H groups in total. The molecule has 0 aliphatic carbocycles. The molecule has 112 valence electrons. The summed E-state index contributed by atoms with van der Waals surface area (Å²) < 4.78 is 11.3. The van der Waals surface area contributed by atoms with Crippen LogP contribution in [0.5, 0.6) is 5.75 Å². The van der Waals surface area contributed by atoms with Crippen LogP contribution in [0.15, 0.2) is 54.6 Å². The topological polar surface area (TPSA) is 44.5 Å². The highest BCUT2D eigenvalue weighted by molar-refractivity contribution is 5.29. The quantitative estimate of drug-likeness (QED) is 0.843. The molecule has 0 spiro atoms. The molecule has 0 fully saturated rings. The lowest BCUT2D eigenvalue weighted by molar-refractivity contribution is 0.0212. The van der Waals surface area contributed by atoms with E-state index in [9.17, 15) is 0 Å². The molecule has 0 saturated carbocycles. The van der Waals surface area contributed by atoms with E-state index in [4.69, 9.17) is 15.2 Å². The van der Waals surface area contributed by atoms with Gasteiger partial charge in [0.1, 0.15) is 5.75 Å². The number of benzene rings is 2. The molecule has 0 amide bonds. The van der Waals surface area contributed by atoms with Crippen molar-refractivity contribution in [3.05, 3.63) is 65.7 Å². The molecule has 2 atom stereocenters. The summed E-state index contributed by atoms with van der Waals surface area (Å²) >= 11 is 0. The third-order valence-electron chi connectivity index (χ3n) is 3.58. The standard InChI is InChI=1S/C18H23NO2/c1-3-17(19)18(15-9-11-16(20-2)12-10-15)21-13-14-7-5-4-6-8-14/h4-12,17-18H,3,13,19H2,1-2H3. The van der Waals surface area contributed by atoms with Crippen LogP contribution in [0.3, 0.4) is 0 Å². The summed E-state index contributed by atoms with van der Waals surface area (Å²) in [5.74, 6) is 0.839. The van der Waals surface area contributed by atoms with Crippen molar-refractivity contribution < 1.29 is 9.47 Å². The molecule has 0 aliphatic heterocycles. The number of hydrogen-bond acceptors (Lipinski definition) is 3. The highest BCUT2D eigenvalue weighted by Gasteiger charge is 2.19. The van der Waals surface area contributed by atoms with Crippen LogP contribution in [0.4, 0.5) is 0 Å². The van der Waals surface area contributed by atoms with Crippen LogP contribution in [-0.4, -0.2) is 13.2 Å². The van der Waals surface area contributed by atoms with Crippen LogP contribution < -0.4 is 10.5 Å². The van der Waals surface area contributed by atoms with Crippen LogP contribution in [0.25, 0.3) is 0 Å².